The van der Waals surface area contributed by atoms with Crippen LogP contribution in [0.2, 0.25) is 0 Å². The molecule has 1 heteroatoms. The summed E-state index contributed by atoms with van der Waals surface area (Å²) in [5.74, 6) is 3.26. The van der Waals surface area contributed by atoms with Crippen LogP contribution in [0.25, 0.3) is 33.4 Å². The van der Waals surface area contributed by atoms with Gasteiger partial charge in [0.1, 0.15) is 0 Å². The molecule has 4 aliphatic carbocycles. The predicted molar refractivity (Wildman–Crippen MR) is 224 cm³/mol. The summed E-state index contributed by atoms with van der Waals surface area (Å²) < 4.78 is 0. The van der Waals surface area contributed by atoms with Gasteiger partial charge in [0.05, 0.1) is 0 Å². The zero-order chi connectivity index (χ0) is 35.5. The summed E-state index contributed by atoms with van der Waals surface area (Å²) >= 11 is 0. The molecule has 0 amide bonds. The maximum absolute atomic E-state index is 2.54. The van der Waals surface area contributed by atoms with Gasteiger partial charge in [-0.1, -0.05) is 137 Å². The van der Waals surface area contributed by atoms with Crippen LogP contribution in [0.1, 0.15) is 106 Å². The summed E-state index contributed by atoms with van der Waals surface area (Å²) in [5, 5.41) is 0. The van der Waals surface area contributed by atoms with E-state index in [1.165, 1.54) is 125 Å². The lowest BCUT2D eigenvalue weighted by Gasteiger charge is -2.30. The topological polar surface area (TPSA) is 3.24 Å². The minimum atomic E-state index is -0.112. The Bertz CT molecular complexity index is 2270. The van der Waals surface area contributed by atoms with Crippen LogP contribution in [0.4, 0.5) is 17.1 Å². The van der Waals surface area contributed by atoms with Gasteiger partial charge in [-0.25, -0.2) is 0 Å². The molecule has 4 aliphatic rings. The van der Waals surface area contributed by atoms with Crippen molar-refractivity contribution in [3.05, 3.63) is 162 Å². The van der Waals surface area contributed by atoms with Gasteiger partial charge in [-0.15, -0.1) is 0 Å². The fourth-order valence-electron chi connectivity index (χ4n) is 11.0. The van der Waals surface area contributed by atoms with Crippen LogP contribution >= 0.6 is 0 Å². The molecule has 10 rings (SSSR count). The molecule has 6 aromatic rings. The Morgan fingerprint density at radius 2 is 1.21 bits per heavy atom. The van der Waals surface area contributed by atoms with E-state index in [2.05, 4.69) is 158 Å². The summed E-state index contributed by atoms with van der Waals surface area (Å²) in [6.45, 7) is 4.83. The zero-order valence-electron chi connectivity index (χ0n) is 31.4. The molecule has 0 N–H and O–H groups in total. The Kier molecular flexibility index (Phi) is 8.16. The first-order valence-corrected chi connectivity index (χ1v) is 20.5. The van der Waals surface area contributed by atoms with Gasteiger partial charge in [-0.2, -0.15) is 0 Å². The zero-order valence-corrected chi connectivity index (χ0v) is 31.4. The fraction of sp³-hybridized carbons (Fsp3) is 0.308. The van der Waals surface area contributed by atoms with Crippen molar-refractivity contribution in [3.8, 4) is 33.4 Å². The number of anilines is 3. The molecule has 0 heterocycles. The second-order valence-electron chi connectivity index (χ2n) is 17.2. The van der Waals surface area contributed by atoms with Crippen molar-refractivity contribution < 1.29 is 0 Å². The van der Waals surface area contributed by atoms with Gasteiger partial charge < -0.3 is 4.90 Å². The molecule has 0 saturated heterocycles. The Labute approximate surface area is 316 Å². The average molecular weight is 690 g/mol. The van der Waals surface area contributed by atoms with E-state index in [0.717, 1.165) is 17.8 Å². The number of hydrogen-bond donors (Lipinski definition) is 0. The van der Waals surface area contributed by atoms with Crippen LogP contribution in [-0.2, 0) is 5.41 Å². The first-order valence-electron chi connectivity index (χ1n) is 20.5. The lowest BCUT2D eigenvalue weighted by atomic mass is 9.81. The highest BCUT2D eigenvalue weighted by Gasteiger charge is 2.40. The van der Waals surface area contributed by atoms with Crippen molar-refractivity contribution in [2.45, 2.75) is 88.9 Å². The molecule has 3 saturated carbocycles. The van der Waals surface area contributed by atoms with E-state index in [4.69, 9.17) is 0 Å². The summed E-state index contributed by atoms with van der Waals surface area (Å²) in [6, 6.07) is 53.4. The van der Waals surface area contributed by atoms with E-state index in [1.54, 1.807) is 5.56 Å². The lowest BCUT2D eigenvalue weighted by molar-refractivity contribution is 0.420. The third-order valence-electron chi connectivity index (χ3n) is 13.8. The normalized spacial score (nSPS) is 21.4. The molecule has 0 aliphatic heterocycles. The van der Waals surface area contributed by atoms with Gasteiger partial charge in [-0.3, -0.25) is 0 Å². The Hall–Kier alpha value is -4.88. The number of nitrogens with zero attached hydrogens (tertiary/aromatic N) is 1. The van der Waals surface area contributed by atoms with E-state index >= 15 is 0 Å². The SMILES string of the molecule is CC1(C)c2ccc(-c3ccccc3-c3ccccc3)cc2-c2ccc(N(c3ccc(C4CC5CCC4C5)cc3)c3cccc(C4CCCCC4)c3)cc21. The highest BCUT2D eigenvalue weighted by Crippen LogP contribution is 2.54. The van der Waals surface area contributed by atoms with E-state index in [1.807, 2.05) is 0 Å². The highest BCUT2D eigenvalue weighted by atomic mass is 15.1. The van der Waals surface area contributed by atoms with Gasteiger partial charge in [0.25, 0.3) is 0 Å². The van der Waals surface area contributed by atoms with Crippen molar-refractivity contribution in [2.24, 2.45) is 11.8 Å². The summed E-state index contributed by atoms with van der Waals surface area (Å²) in [4.78, 5) is 2.54. The van der Waals surface area contributed by atoms with Crippen molar-refractivity contribution in [1.82, 2.24) is 0 Å². The molecule has 264 valence electrons. The smallest absolute Gasteiger partial charge is 0.0465 e. The number of benzene rings is 6. The molecule has 0 spiro atoms. The van der Waals surface area contributed by atoms with Gasteiger partial charge in [-0.05, 0) is 154 Å². The Balaban J connectivity index is 1.05. The molecule has 0 aromatic heterocycles. The van der Waals surface area contributed by atoms with Crippen LogP contribution in [0.15, 0.2) is 140 Å². The van der Waals surface area contributed by atoms with Gasteiger partial charge >= 0.3 is 0 Å². The van der Waals surface area contributed by atoms with Crippen molar-refractivity contribution in [1.29, 1.82) is 0 Å². The summed E-state index contributed by atoms with van der Waals surface area (Å²) in [5.41, 5.74) is 17.3. The quantitative estimate of drug-likeness (QED) is 0.161. The molecule has 3 atom stereocenters. The van der Waals surface area contributed by atoms with Gasteiger partial charge in [0.2, 0.25) is 0 Å². The summed E-state index contributed by atoms with van der Waals surface area (Å²) in [7, 11) is 0. The molecule has 0 radical (unpaired) electrons. The molecule has 1 nitrogen and oxygen atoms in total. The molecular formula is C52H51N. The molecule has 2 bridgehead atoms. The third-order valence-corrected chi connectivity index (χ3v) is 13.8. The number of hydrogen-bond acceptors (Lipinski definition) is 1. The van der Waals surface area contributed by atoms with Crippen LogP contribution in [0.3, 0.4) is 0 Å². The monoisotopic (exact) mass is 689 g/mol. The Morgan fingerprint density at radius 3 is 1.96 bits per heavy atom. The molecule has 53 heavy (non-hydrogen) atoms. The molecule has 6 aromatic carbocycles. The number of fused-ring (bicyclic) bond motifs is 5. The highest BCUT2D eigenvalue weighted by molar-refractivity contribution is 5.90. The minimum Gasteiger partial charge on any atom is -0.310 e. The fourth-order valence-corrected chi connectivity index (χ4v) is 11.0. The predicted octanol–water partition coefficient (Wildman–Crippen LogP) is 14.7. The van der Waals surface area contributed by atoms with Crippen LogP contribution < -0.4 is 4.90 Å². The minimum absolute atomic E-state index is 0.112. The van der Waals surface area contributed by atoms with Crippen molar-refractivity contribution >= 4 is 17.1 Å². The summed E-state index contributed by atoms with van der Waals surface area (Å²) in [6.07, 6.45) is 12.4. The lowest BCUT2D eigenvalue weighted by Crippen LogP contribution is -2.17. The average Bonchev–Trinajstić information content (AvgIpc) is 3.92. The second-order valence-corrected chi connectivity index (χ2v) is 17.2. The van der Waals surface area contributed by atoms with E-state index in [-0.39, 0.29) is 5.41 Å². The van der Waals surface area contributed by atoms with Crippen LogP contribution in [-0.4, -0.2) is 0 Å². The van der Waals surface area contributed by atoms with E-state index < -0.39 is 0 Å². The first kappa shape index (κ1) is 32.7. The van der Waals surface area contributed by atoms with Gasteiger partial charge in [0, 0.05) is 22.5 Å². The van der Waals surface area contributed by atoms with Crippen LogP contribution in [0.5, 0.6) is 0 Å². The second kappa shape index (κ2) is 13.2. The van der Waals surface area contributed by atoms with Gasteiger partial charge in [0.15, 0.2) is 0 Å². The maximum Gasteiger partial charge on any atom is 0.0465 e. The third kappa shape index (κ3) is 5.75. The maximum atomic E-state index is 2.54. The van der Waals surface area contributed by atoms with Crippen molar-refractivity contribution in [3.63, 3.8) is 0 Å². The molecular weight excluding hydrogens is 639 g/mol. The van der Waals surface area contributed by atoms with E-state index in [0.29, 0.717) is 5.92 Å². The van der Waals surface area contributed by atoms with Crippen LogP contribution in [0, 0.1) is 11.8 Å². The van der Waals surface area contributed by atoms with Crippen molar-refractivity contribution in [2.75, 3.05) is 4.90 Å². The molecule has 3 fully saturated rings. The Morgan fingerprint density at radius 1 is 0.472 bits per heavy atom. The van der Waals surface area contributed by atoms with E-state index in [9.17, 15) is 0 Å². The number of rotatable bonds is 7. The standard InChI is InChI=1S/C52H51N/c1-52(2)50-29-24-41(46-19-10-9-18-45(46)37-14-7-4-8-15-37)33-49(50)47-28-27-44(34-51(47)52)53(43-17-11-16-39(32-43)36-12-5-3-6-13-36)42-25-22-38(23-26-42)48-31-35-20-21-40(48)30-35/h4,7-11,14-19,22-29,32-36,40,48H,3,5-6,12-13,20-21,30-31H2,1-2H3. The first-order chi connectivity index (χ1) is 26.0. The largest absolute Gasteiger partial charge is 0.310 e. The molecule has 3 unspecified atom stereocenters.